The van der Waals surface area contributed by atoms with Gasteiger partial charge >= 0.3 is 0 Å². The predicted octanol–water partition coefficient (Wildman–Crippen LogP) is 2.91. The lowest BCUT2D eigenvalue weighted by Gasteiger charge is -2.07. The van der Waals surface area contributed by atoms with E-state index in [1.165, 1.54) is 18.0 Å². The first-order valence-electron chi connectivity index (χ1n) is 9.64. The van der Waals surface area contributed by atoms with Crippen molar-refractivity contribution in [3.05, 3.63) is 83.0 Å². The number of aromatic amines is 1. The zero-order valence-corrected chi connectivity index (χ0v) is 17.5. The monoisotopic (exact) mass is 443 g/mol. The summed E-state index contributed by atoms with van der Waals surface area (Å²) < 4.78 is 1.64. The number of H-pyrrole nitrogens is 1. The maximum atomic E-state index is 12.5. The number of benzene rings is 2. The number of hydrogen-bond donors (Lipinski definition) is 3. The van der Waals surface area contributed by atoms with E-state index in [1.807, 2.05) is 60.7 Å². The van der Waals surface area contributed by atoms with Crippen molar-refractivity contribution in [2.45, 2.75) is 10.9 Å². The Hall–Kier alpha value is -4.25. The van der Waals surface area contributed by atoms with Crippen LogP contribution >= 0.6 is 11.8 Å². The predicted molar refractivity (Wildman–Crippen MR) is 123 cm³/mol. The van der Waals surface area contributed by atoms with Gasteiger partial charge in [-0.05, 0) is 24.3 Å². The van der Waals surface area contributed by atoms with Gasteiger partial charge < -0.3 is 16.0 Å². The molecule has 0 aliphatic rings. The maximum Gasteiger partial charge on any atom is 0.262 e. The summed E-state index contributed by atoms with van der Waals surface area (Å²) in [6.45, 7) is 0. The Balaban J connectivity index is 1.40. The number of rotatable bonds is 6. The van der Waals surface area contributed by atoms with Gasteiger partial charge in [-0.3, -0.25) is 4.79 Å². The van der Waals surface area contributed by atoms with Gasteiger partial charge in [-0.2, -0.15) is 20.1 Å². The Kier molecular flexibility index (Phi) is 5.22. The number of nitrogen functional groups attached to an aromatic ring is 1. The first-order valence-corrected chi connectivity index (χ1v) is 10.6. The average Bonchev–Trinajstić information content (AvgIpc) is 3.23. The molecule has 0 aliphatic heterocycles. The van der Waals surface area contributed by atoms with Crippen LogP contribution in [0.15, 0.2) is 76.8 Å². The number of anilines is 3. The van der Waals surface area contributed by atoms with Crippen LogP contribution in [0, 0.1) is 0 Å². The van der Waals surface area contributed by atoms with Crippen LogP contribution in [-0.2, 0) is 5.75 Å². The standard InChI is InChI=1S/C21H17N9OS/c22-19-25-16(26-20(29-19)24-13-7-3-1-4-8-13)12-32-21-27-17-15(18(31)28-21)11-23-30(17)14-9-5-2-6-10-14/h1-11H,12H2,(H,27,28,31)(H3,22,24,25,26,29). The van der Waals surface area contributed by atoms with E-state index in [-0.39, 0.29) is 11.5 Å². The molecule has 32 heavy (non-hydrogen) atoms. The molecule has 5 aromatic rings. The van der Waals surface area contributed by atoms with Gasteiger partial charge in [0, 0.05) is 5.69 Å². The fourth-order valence-electron chi connectivity index (χ4n) is 3.07. The van der Waals surface area contributed by atoms with Gasteiger partial charge in [0.1, 0.15) is 11.2 Å². The van der Waals surface area contributed by atoms with E-state index in [0.29, 0.717) is 33.7 Å². The van der Waals surface area contributed by atoms with Crippen molar-refractivity contribution in [1.29, 1.82) is 0 Å². The lowest BCUT2D eigenvalue weighted by molar-refractivity contribution is 0.872. The number of nitrogens with zero attached hydrogens (tertiary/aromatic N) is 6. The third kappa shape index (κ3) is 4.14. The van der Waals surface area contributed by atoms with E-state index in [2.05, 4.69) is 35.3 Å². The molecule has 3 heterocycles. The Bertz CT molecular complexity index is 1430. The van der Waals surface area contributed by atoms with E-state index in [0.717, 1.165) is 11.4 Å². The second-order valence-corrected chi connectivity index (χ2v) is 7.68. The largest absolute Gasteiger partial charge is 0.368 e. The van der Waals surface area contributed by atoms with Gasteiger partial charge in [0.25, 0.3) is 5.56 Å². The first kappa shape index (κ1) is 19.7. The molecule has 10 nitrogen and oxygen atoms in total. The third-order valence-electron chi connectivity index (χ3n) is 4.48. The Morgan fingerprint density at radius 2 is 1.72 bits per heavy atom. The molecule has 0 amide bonds. The molecular formula is C21H17N9OS. The molecule has 0 fully saturated rings. The second kappa shape index (κ2) is 8.47. The molecule has 2 aromatic carbocycles. The van der Waals surface area contributed by atoms with Crippen LogP contribution < -0.4 is 16.6 Å². The fourth-order valence-corrected chi connectivity index (χ4v) is 3.78. The van der Waals surface area contributed by atoms with Gasteiger partial charge in [0.05, 0.1) is 17.6 Å². The van der Waals surface area contributed by atoms with Gasteiger partial charge in [-0.1, -0.05) is 48.2 Å². The van der Waals surface area contributed by atoms with E-state index in [9.17, 15) is 4.79 Å². The molecule has 0 saturated heterocycles. The molecule has 11 heteroatoms. The summed E-state index contributed by atoms with van der Waals surface area (Å²) in [5, 5.41) is 8.26. The highest BCUT2D eigenvalue weighted by Crippen LogP contribution is 2.21. The van der Waals surface area contributed by atoms with Crippen LogP contribution in [0.25, 0.3) is 16.7 Å². The minimum Gasteiger partial charge on any atom is -0.368 e. The molecule has 0 unspecified atom stereocenters. The minimum absolute atomic E-state index is 0.105. The molecular weight excluding hydrogens is 426 g/mol. The molecule has 0 spiro atoms. The third-order valence-corrected chi connectivity index (χ3v) is 5.35. The van der Waals surface area contributed by atoms with Crippen molar-refractivity contribution in [2.24, 2.45) is 0 Å². The van der Waals surface area contributed by atoms with Crippen molar-refractivity contribution in [3.63, 3.8) is 0 Å². The fraction of sp³-hybridized carbons (Fsp3) is 0.0476. The summed E-state index contributed by atoms with van der Waals surface area (Å²) >= 11 is 1.29. The van der Waals surface area contributed by atoms with Crippen molar-refractivity contribution >= 4 is 40.4 Å². The molecule has 0 radical (unpaired) electrons. The molecule has 3 aromatic heterocycles. The average molecular weight is 443 g/mol. The van der Waals surface area contributed by atoms with Crippen LogP contribution in [-0.4, -0.2) is 34.7 Å². The van der Waals surface area contributed by atoms with E-state index >= 15 is 0 Å². The highest BCUT2D eigenvalue weighted by atomic mass is 32.2. The van der Waals surface area contributed by atoms with Gasteiger partial charge in [0.2, 0.25) is 11.9 Å². The summed E-state index contributed by atoms with van der Waals surface area (Å²) in [7, 11) is 0. The molecule has 5 rings (SSSR count). The van der Waals surface area contributed by atoms with Crippen LogP contribution in [0.5, 0.6) is 0 Å². The number of para-hydroxylation sites is 2. The lowest BCUT2D eigenvalue weighted by atomic mass is 10.3. The number of nitrogens with one attached hydrogen (secondary N) is 2. The van der Waals surface area contributed by atoms with Crippen molar-refractivity contribution < 1.29 is 0 Å². The normalized spacial score (nSPS) is 11.0. The summed E-state index contributed by atoms with van der Waals surface area (Å²) in [6, 6.07) is 19.0. The van der Waals surface area contributed by atoms with E-state index in [1.54, 1.807) is 4.68 Å². The van der Waals surface area contributed by atoms with Gasteiger partial charge in [-0.25, -0.2) is 9.67 Å². The number of thioether (sulfide) groups is 1. The van der Waals surface area contributed by atoms with Crippen LogP contribution in [0.3, 0.4) is 0 Å². The quantitative estimate of drug-likeness (QED) is 0.267. The molecule has 0 bridgehead atoms. The molecule has 158 valence electrons. The van der Waals surface area contributed by atoms with E-state index < -0.39 is 0 Å². The lowest BCUT2D eigenvalue weighted by Crippen LogP contribution is -2.10. The van der Waals surface area contributed by atoms with Crippen LogP contribution in [0.1, 0.15) is 5.82 Å². The topological polar surface area (TPSA) is 140 Å². The zero-order chi connectivity index (χ0) is 21.9. The molecule has 4 N–H and O–H groups in total. The van der Waals surface area contributed by atoms with Crippen molar-refractivity contribution in [2.75, 3.05) is 11.1 Å². The number of nitrogens with two attached hydrogens (primary N) is 1. The maximum absolute atomic E-state index is 12.5. The first-order chi connectivity index (χ1) is 15.7. The Labute approximate surface area is 186 Å². The molecule has 0 aliphatic carbocycles. The van der Waals surface area contributed by atoms with Crippen LogP contribution in [0.4, 0.5) is 17.6 Å². The smallest absolute Gasteiger partial charge is 0.262 e. The van der Waals surface area contributed by atoms with Crippen molar-refractivity contribution in [1.82, 2.24) is 34.7 Å². The molecule has 0 atom stereocenters. The number of fused-ring (bicyclic) bond motifs is 1. The van der Waals surface area contributed by atoms with Crippen molar-refractivity contribution in [3.8, 4) is 5.69 Å². The molecule has 0 saturated carbocycles. The summed E-state index contributed by atoms with van der Waals surface area (Å²) in [4.78, 5) is 32.6. The SMILES string of the molecule is Nc1nc(CSc2nc3c(cnn3-c3ccccc3)c(=O)[nH]2)nc(Nc2ccccc2)n1. The second-order valence-electron chi connectivity index (χ2n) is 6.71. The highest BCUT2D eigenvalue weighted by molar-refractivity contribution is 7.98. The summed E-state index contributed by atoms with van der Waals surface area (Å²) in [6.07, 6.45) is 1.51. The van der Waals surface area contributed by atoms with E-state index in [4.69, 9.17) is 5.73 Å². The minimum atomic E-state index is -0.263. The zero-order valence-electron chi connectivity index (χ0n) is 16.6. The van der Waals surface area contributed by atoms with Crippen LogP contribution in [0.2, 0.25) is 0 Å². The van der Waals surface area contributed by atoms with Gasteiger partial charge in [-0.15, -0.1) is 0 Å². The highest BCUT2D eigenvalue weighted by Gasteiger charge is 2.13. The Morgan fingerprint density at radius 1 is 0.969 bits per heavy atom. The number of aromatic nitrogens is 7. The Morgan fingerprint density at radius 3 is 2.50 bits per heavy atom. The summed E-state index contributed by atoms with van der Waals surface area (Å²) in [5.41, 5.74) is 7.72. The van der Waals surface area contributed by atoms with Gasteiger partial charge in [0.15, 0.2) is 10.8 Å². The summed E-state index contributed by atoms with van der Waals surface area (Å²) in [5.74, 6) is 1.25. The number of hydrogen-bond acceptors (Lipinski definition) is 9.